The van der Waals surface area contributed by atoms with Crippen LogP contribution in [-0.4, -0.2) is 19.9 Å². The van der Waals surface area contributed by atoms with Crippen LogP contribution in [0.15, 0.2) is 344 Å². The third kappa shape index (κ3) is 11.3. The summed E-state index contributed by atoms with van der Waals surface area (Å²) in [5, 5.41) is 4.76. The van der Waals surface area contributed by atoms with Crippen molar-refractivity contribution >= 4 is 53.4 Å². The van der Waals surface area contributed by atoms with Crippen LogP contribution >= 0.6 is 11.3 Å². The monoisotopic (exact) mass is 1430 g/mol. The van der Waals surface area contributed by atoms with Crippen LogP contribution in [0.5, 0.6) is 0 Å². The highest BCUT2D eigenvalue weighted by atomic mass is 32.1. The number of rotatable bonds is 10. The van der Waals surface area contributed by atoms with E-state index in [4.69, 9.17) is 24.4 Å². The minimum atomic E-state index is 0.125. The van der Waals surface area contributed by atoms with Crippen molar-refractivity contribution in [2.24, 2.45) is 0 Å². The van der Waals surface area contributed by atoms with Crippen molar-refractivity contribution in [3.8, 4) is 135 Å². The fourth-order valence-corrected chi connectivity index (χ4v) is 20.0. The molecule has 110 heavy (non-hydrogen) atoms. The highest BCUT2D eigenvalue weighted by Crippen LogP contribution is 2.60. The van der Waals surface area contributed by atoms with Crippen LogP contribution in [0.4, 0.5) is 0 Å². The summed E-state index contributed by atoms with van der Waals surface area (Å²) >= 11 is 1.87. The molecule has 0 atom stereocenters. The molecule has 2 spiro atoms. The second-order valence-electron chi connectivity index (χ2n) is 30.4. The molecule has 0 saturated heterocycles. The van der Waals surface area contributed by atoms with Gasteiger partial charge in [0.1, 0.15) is 11.2 Å². The molecule has 2 fully saturated rings. The maximum atomic E-state index is 6.47. The van der Waals surface area contributed by atoms with Gasteiger partial charge >= 0.3 is 0 Å². The summed E-state index contributed by atoms with van der Waals surface area (Å²) < 4.78 is 9.07. The van der Waals surface area contributed by atoms with Crippen LogP contribution in [0.25, 0.3) is 177 Å². The molecule has 0 radical (unpaired) electrons. The molecule has 4 aliphatic carbocycles. The predicted molar refractivity (Wildman–Crippen MR) is 457 cm³/mol. The van der Waals surface area contributed by atoms with Crippen molar-refractivity contribution in [3.05, 3.63) is 362 Å². The molecule has 0 bridgehead atoms. The van der Waals surface area contributed by atoms with E-state index in [2.05, 4.69) is 309 Å². The Labute approximate surface area is 645 Å². The Hall–Kier alpha value is -12.7. The highest BCUT2D eigenvalue weighted by Gasteiger charge is 2.46. The molecule has 0 amide bonds. The van der Waals surface area contributed by atoms with Gasteiger partial charge in [-0.2, -0.15) is 0 Å². The second kappa shape index (κ2) is 27.2. The first kappa shape index (κ1) is 65.5. The van der Waals surface area contributed by atoms with Crippen molar-refractivity contribution in [3.63, 3.8) is 0 Å². The van der Waals surface area contributed by atoms with Gasteiger partial charge < -0.3 is 4.42 Å². The third-order valence-electron chi connectivity index (χ3n) is 24.2. The number of hydrogen-bond donors (Lipinski definition) is 0. The Morgan fingerprint density at radius 1 is 0.227 bits per heavy atom. The average Bonchev–Trinajstić information content (AvgIpc) is 1.55. The van der Waals surface area contributed by atoms with Crippen LogP contribution < -0.4 is 0 Å². The number of fused-ring (bicyclic) bond motifs is 16. The van der Waals surface area contributed by atoms with E-state index in [1.165, 1.54) is 173 Å². The lowest BCUT2D eigenvalue weighted by Gasteiger charge is -2.36. The molecular formula is C104H76N4OS. The Morgan fingerprint density at radius 3 is 0.982 bits per heavy atom. The number of nitrogens with zero attached hydrogens (tertiary/aromatic N) is 4. The summed E-state index contributed by atoms with van der Waals surface area (Å²) in [6, 6.07) is 123. The summed E-state index contributed by atoms with van der Waals surface area (Å²) in [5.41, 5.74) is 33.5. The highest BCUT2D eigenvalue weighted by molar-refractivity contribution is 7.25. The molecule has 4 aromatic heterocycles. The molecule has 524 valence electrons. The largest absolute Gasteiger partial charge is 0.456 e. The number of aromatic nitrogens is 4. The maximum Gasteiger partial charge on any atom is 0.160 e. The van der Waals surface area contributed by atoms with Gasteiger partial charge in [-0.25, -0.2) is 19.9 Å². The molecule has 0 unspecified atom stereocenters. The number of benzene rings is 14. The molecule has 22 rings (SSSR count). The Kier molecular flexibility index (Phi) is 16.2. The molecule has 6 heteroatoms. The van der Waals surface area contributed by atoms with Crippen molar-refractivity contribution in [1.29, 1.82) is 0 Å². The van der Waals surface area contributed by atoms with Crippen LogP contribution in [0.1, 0.15) is 86.5 Å². The average molecular weight is 1430 g/mol. The fraction of sp³-hybridized carbons (Fsp3) is 0.115. The van der Waals surface area contributed by atoms with Gasteiger partial charge in [-0.15, -0.1) is 11.3 Å². The van der Waals surface area contributed by atoms with Gasteiger partial charge in [0.25, 0.3) is 0 Å². The van der Waals surface area contributed by atoms with Gasteiger partial charge in [0.15, 0.2) is 11.6 Å². The molecule has 2 saturated carbocycles. The molecule has 14 aromatic carbocycles. The normalized spacial score (nSPS) is 14.3. The van der Waals surface area contributed by atoms with Crippen LogP contribution in [0.2, 0.25) is 0 Å². The zero-order chi connectivity index (χ0) is 72.7. The summed E-state index contributed by atoms with van der Waals surface area (Å²) in [4.78, 5) is 20.6. The number of hydrogen-bond acceptors (Lipinski definition) is 6. The topological polar surface area (TPSA) is 64.7 Å². The SMILES string of the molecule is c1ccc(-c2ccc(-c3cc(-c4ccc5oc6ccc(-c7cccc8c7-c7ccccc7C87CCCCC7)cc6c5c4)nc(-c4ccccc4)n3)cc2)cc1.c1ccc(-c2ccc(-c3cc(-c4ccc5sc6ccc(-c7cccc8c7-c7ccccc7C87CCCCC7)cc6c5c4)nc(-c4ccccc4)n3)cc2)cc1. The molecule has 0 N–H and O–H groups in total. The molecule has 18 aromatic rings. The van der Waals surface area contributed by atoms with Gasteiger partial charge in [0, 0.05) is 75.2 Å². The smallest absolute Gasteiger partial charge is 0.160 e. The van der Waals surface area contributed by atoms with E-state index in [1.54, 1.807) is 0 Å². The van der Waals surface area contributed by atoms with Gasteiger partial charge in [0.05, 0.1) is 22.8 Å². The second-order valence-corrected chi connectivity index (χ2v) is 31.5. The van der Waals surface area contributed by atoms with E-state index in [9.17, 15) is 0 Å². The first-order valence-electron chi connectivity index (χ1n) is 39.1. The van der Waals surface area contributed by atoms with E-state index in [0.717, 1.165) is 83.9 Å². The lowest BCUT2D eigenvalue weighted by molar-refractivity contribution is 0.353. The summed E-state index contributed by atoms with van der Waals surface area (Å²) in [7, 11) is 0. The van der Waals surface area contributed by atoms with Crippen molar-refractivity contribution in [2.45, 2.75) is 75.0 Å². The standard InChI is InChI=1S/C52H38N2O.C52H38N2S/c2*1-4-13-34(14-5-1)35-21-23-36(24-22-35)46-33-47(54-51(53-46)37-15-6-2-7-16-37)39-26-28-49-43(32-39)42-31-38(25-27-48(42)55-49)40-18-12-20-45-50(40)41-17-8-9-19-44(41)52(45)29-10-3-11-30-52/h2*1-2,4-9,12-28,31-33H,3,10-11,29-30H2. The van der Waals surface area contributed by atoms with Crippen LogP contribution in [0, 0.1) is 0 Å². The lowest BCUT2D eigenvalue weighted by atomic mass is 9.68. The lowest BCUT2D eigenvalue weighted by Crippen LogP contribution is -2.27. The van der Waals surface area contributed by atoms with Crippen molar-refractivity contribution in [1.82, 2.24) is 19.9 Å². The summed E-state index contributed by atoms with van der Waals surface area (Å²) in [6.07, 6.45) is 12.8. The van der Waals surface area contributed by atoms with Crippen molar-refractivity contribution in [2.75, 3.05) is 0 Å². The maximum absolute atomic E-state index is 6.47. The van der Waals surface area contributed by atoms with E-state index >= 15 is 0 Å². The van der Waals surface area contributed by atoms with E-state index < -0.39 is 0 Å². The first-order valence-corrected chi connectivity index (χ1v) is 39.9. The molecular weight excluding hydrogens is 1350 g/mol. The predicted octanol–water partition coefficient (Wildman–Crippen LogP) is 28.4. The van der Waals surface area contributed by atoms with Gasteiger partial charge in [-0.1, -0.05) is 312 Å². The van der Waals surface area contributed by atoms with E-state index in [0.29, 0.717) is 5.82 Å². The van der Waals surface area contributed by atoms with Gasteiger partial charge in [-0.05, 0) is 181 Å². The summed E-state index contributed by atoms with van der Waals surface area (Å²) in [5.74, 6) is 1.43. The molecule has 0 aliphatic heterocycles. The van der Waals surface area contributed by atoms with E-state index in [-0.39, 0.29) is 10.8 Å². The third-order valence-corrected chi connectivity index (χ3v) is 25.4. The van der Waals surface area contributed by atoms with Gasteiger partial charge in [0.2, 0.25) is 0 Å². The number of thiophene rings is 1. The fourth-order valence-electron chi connectivity index (χ4n) is 18.9. The minimum absolute atomic E-state index is 0.125. The summed E-state index contributed by atoms with van der Waals surface area (Å²) in [6.45, 7) is 0. The Bertz CT molecular complexity index is 6170. The quantitative estimate of drug-likeness (QED) is 0.137. The Balaban J connectivity index is 0.000000140. The molecule has 5 nitrogen and oxygen atoms in total. The molecule has 4 heterocycles. The first-order chi connectivity index (χ1) is 54.4. The number of furan rings is 1. The van der Waals surface area contributed by atoms with E-state index in [1.807, 2.05) is 41.7 Å². The van der Waals surface area contributed by atoms with Crippen LogP contribution in [0.3, 0.4) is 0 Å². The minimum Gasteiger partial charge on any atom is -0.456 e. The zero-order valence-electron chi connectivity index (χ0n) is 61.0. The van der Waals surface area contributed by atoms with Gasteiger partial charge in [-0.3, -0.25) is 0 Å². The molecule has 4 aliphatic rings. The van der Waals surface area contributed by atoms with Crippen molar-refractivity contribution < 1.29 is 4.42 Å². The Morgan fingerprint density at radius 2 is 0.536 bits per heavy atom. The van der Waals surface area contributed by atoms with Crippen LogP contribution in [-0.2, 0) is 10.8 Å². The zero-order valence-corrected chi connectivity index (χ0v) is 61.8.